The molecule has 1 fully saturated rings. The van der Waals surface area contributed by atoms with Crippen molar-refractivity contribution in [3.05, 3.63) is 69.8 Å². The zero-order valence-corrected chi connectivity index (χ0v) is 17.1. The second-order valence-corrected chi connectivity index (χ2v) is 7.93. The van der Waals surface area contributed by atoms with Crippen LogP contribution in [0.1, 0.15) is 34.3 Å². The monoisotopic (exact) mass is 404 g/mol. The summed E-state index contributed by atoms with van der Waals surface area (Å²) in [6.07, 6.45) is 3.67. The van der Waals surface area contributed by atoms with Crippen molar-refractivity contribution in [1.82, 2.24) is 14.9 Å². The number of amides is 2. The Hall–Kier alpha value is -3.48. The number of nitrogens with one attached hydrogen (secondary N) is 2. The third-order valence-corrected chi connectivity index (χ3v) is 5.32. The van der Waals surface area contributed by atoms with Crippen LogP contribution in [0.5, 0.6) is 0 Å². The van der Waals surface area contributed by atoms with Crippen molar-refractivity contribution in [3.8, 4) is 0 Å². The van der Waals surface area contributed by atoms with Crippen LogP contribution in [0, 0.1) is 19.8 Å². The molecule has 1 aliphatic carbocycles. The first kappa shape index (κ1) is 19.8. The maximum atomic E-state index is 12.8. The molecule has 1 aromatic heterocycles. The van der Waals surface area contributed by atoms with E-state index in [4.69, 9.17) is 0 Å². The van der Waals surface area contributed by atoms with Gasteiger partial charge in [0.2, 0.25) is 5.91 Å². The minimum atomic E-state index is -0.318. The Morgan fingerprint density at radius 1 is 1.13 bits per heavy atom. The van der Waals surface area contributed by atoms with E-state index in [1.165, 1.54) is 10.9 Å². The van der Waals surface area contributed by atoms with Gasteiger partial charge in [-0.3, -0.25) is 19.0 Å². The second-order valence-electron chi connectivity index (χ2n) is 7.93. The van der Waals surface area contributed by atoms with Gasteiger partial charge in [-0.05, 0) is 68.0 Å². The molecule has 4 rings (SSSR count). The summed E-state index contributed by atoms with van der Waals surface area (Å²) in [6, 6.07) is 10.6. The number of rotatable bonds is 6. The highest BCUT2D eigenvalue weighted by atomic mass is 16.2. The van der Waals surface area contributed by atoms with Gasteiger partial charge in [-0.2, -0.15) is 0 Å². The molecule has 0 saturated heterocycles. The van der Waals surface area contributed by atoms with Crippen LogP contribution in [0.25, 0.3) is 10.9 Å². The SMILES string of the molecule is Cc1ccc(C)c(NC(=O)Cn2cnc3cc(C(=O)NCC4CC4)ccc3c2=O)c1. The predicted molar refractivity (Wildman–Crippen MR) is 116 cm³/mol. The molecule has 2 aromatic carbocycles. The van der Waals surface area contributed by atoms with Crippen LogP contribution in [0.2, 0.25) is 0 Å². The van der Waals surface area contributed by atoms with E-state index in [9.17, 15) is 14.4 Å². The fourth-order valence-electron chi connectivity index (χ4n) is 3.29. The zero-order valence-electron chi connectivity index (χ0n) is 17.1. The topological polar surface area (TPSA) is 93.1 Å². The van der Waals surface area contributed by atoms with Crippen molar-refractivity contribution >= 4 is 28.4 Å². The molecule has 0 unspecified atom stereocenters. The Kier molecular flexibility index (Phi) is 5.35. The first-order chi connectivity index (χ1) is 14.4. The van der Waals surface area contributed by atoms with Crippen LogP contribution >= 0.6 is 0 Å². The van der Waals surface area contributed by atoms with E-state index >= 15 is 0 Å². The molecule has 1 aliphatic rings. The third kappa shape index (κ3) is 4.40. The summed E-state index contributed by atoms with van der Waals surface area (Å²) < 4.78 is 1.27. The average molecular weight is 404 g/mol. The maximum absolute atomic E-state index is 12.8. The van der Waals surface area contributed by atoms with Gasteiger partial charge in [0.05, 0.1) is 17.2 Å². The van der Waals surface area contributed by atoms with Gasteiger partial charge in [-0.1, -0.05) is 12.1 Å². The highest BCUT2D eigenvalue weighted by Crippen LogP contribution is 2.27. The highest BCUT2D eigenvalue weighted by molar-refractivity contribution is 5.97. The van der Waals surface area contributed by atoms with E-state index in [2.05, 4.69) is 15.6 Å². The van der Waals surface area contributed by atoms with E-state index in [-0.39, 0.29) is 23.9 Å². The molecule has 2 N–H and O–H groups in total. The first-order valence-corrected chi connectivity index (χ1v) is 10.1. The van der Waals surface area contributed by atoms with E-state index in [0.29, 0.717) is 28.9 Å². The Labute approximate surface area is 174 Å². The number of carbonyl (C=O) groups is 2. The molecule has 7 nitrogen and oxygen atoms in total. The fourth-order valence-corrected chi connectivity index (χ4v) is 3.29. The van der Waals surface area contributed by atoms with Crippen LogP contribution < -0.4 is 16.2 Å². The summed E-state index contributed by atoms with van der Waals surface area (Å²) in [5.74, 6) is 0.125. The number of hydrogen-bond donors (Lipinski definition) is 2. The molecule has 1 heterocycles. The van der Waals surface area contributed by atoms with Gasteiger partial charge in [0.1, 0.15) is 6.54 Å². The van der Waals surface area contributed by atoms with E-state index in [1.807, 2.05) is 32.0 Å². The summed E-state index contributed by atoms with van der Waals surface area (Å²) >= 11 is 0. The lowest BCUT2D eigenvalue weighted by atomic mass is 10.1. The molecule has 3 aromatic rings. The smallest absolute Gasteiger partial charge is 0.261 e. The lowest BCUT2D eigenvalue weighted by molar-refractivity contribution is -0.116. The number of nitrogens with zero attached hydrogens (tertiary/aromatic N) is 2. The molecular weight excluding hydrogens is 380 g/mol. The maximum Gasteiger partial charge on any atom is 0.261 e. The number of carbonyl (C=O) groups excluding carboxylic acids is 2. The molecule has 0 radical (unpaired) electrons. The van der Waals surface area contributed by atoms with Crippen molar-refractivity contribution in [2.45, 2.75) is 33.2 Å². The predicted octanol–water partition coefficient (Wildman–Crippen LogP) is 2.79. The van der Waals surface area contributed by atoms with Gasteiger partial charge in [-0.15, -0.1) is 0 Å². The van der Waals surface area contributed by atoms with Gasteiger partial charge in [0.15, 0.2) is 0 Å². The number of hydrogen-bond acceptors (Lipinski definition) is 4. The Balaban J connectivity index is 1.50. The summed E-state index contributed by atoms with van der Waals surface area (Å²) in [4.78, 5) is 41.8. The zero-order chi connectivity index (χ0) is 21.3. The van der Waals surface area contributed by atoms with Crippen molar-refractivity contribution in [1.29, 1.82) is 0 Å². The number of aryl methyl sites for hydroxylation is 2. The van der Waals surface area contributed by atoms with Crippen LogP contribution in [-0.2, 0) is 11.3 Å². The number of fused-ring (bicyclic) bond motifs is 1. The highest BCUT2D eigenvalue weighted by Gasteiger charge is 2.22. The fraction of sp³-hybridized carbons (Fsp3) is 0.304. The van der Waals surface area contributed by atoms with Crippen molar-refractivity contribution in [3.63, 3.8) is 0 Å². The summed E-state index contributed by atoms with van der Waals surface area (Å²) in [5.41, 5.74) is 3.30. The van der Waals surface area contributed by atoms with Crippen molar-refractivity contribution < 1.29 is 9.59 Å². The molecule has 7 heteroatoms. The molecule has 2 amide bonds. The van der Waals surface area contributed by atoms with Crippen LogP contribution in [0.3, 0.4) is 0 Å². The minimum absolute atomic E-state index is 0.140. The van der Waals surface area contributed by atoms with Gasteiger partial charge in [0.25, 0.3) is 11.5 Å². The number of anilines is 1. The second kappa shape index (κ2) is 8.10. The van der Waals surface area contributed by atoms with E-state index in [0.717, 1.165) is 29.7 Å². The van der Waals surface area contributed by atoms with Crippen LogP contribution in [-0.4, -0.2) is 27.9 Å². The Bertz CT molecular complexity index is 1190. The summed E-state index contributed by atoms with van der Waals surface area (Å²) in [6.45, 7) is 4.41. The van der Waals surface area contributed by atoms with Crippen molar-refractivity contribution in [2.24, 2.45) is 5.92 Å². The molecule has 0 bridgehead atoms. The molecule has 30 heavy (non-hydrogen) atoms. The molecular formula is C23H24N4O3. The molecule has 0 aliphatic heterocycles. The standard InChI is InChI=1S/C23H24N4O3/c1-14-3-4-15(2)19(9-14)26-21(28)12-27-13-25-20-10-17(7-8-18(20)23(27)30)22(29)24-11-16-5-6-16/h3-4,7-10,13,16H,5-6,11-12H2,1-2H3,(H,24,29)(H,26,28). The molecule has 154 valence electrons. The lowest BCUT2D eigenvalue weighted by Gasteiger charge is -2.11. The first-order valence-electron chi connectivity index (χ1n) is 10.1. The molecule has 0 atom stereocenters. The average Bonchev–Trinajstić information content (AvgIpc) is 3.55. The normalized spacial score (nSPS) is 13.3. The minimum Gasteiger partial charge on any atom is -0.352 e. The van der Waals surface area contributed by atoms with Gasteiger partial charge < -0.3 is 10.6 Å². The third-order valence-electron chi connectivity index (χ3n) is 5.32. The van der Waals surface area contributed by atoms with Crippen LogP contribution in [0.15, 0.2) is 47.5 Å². The molecule has 0 spiro atoms. The lowest BCUT2D eigenvalue weighted by Crippen LogP contribution is -2.28. The Morgan fingerprint density at radius 2 is 1.93 bits per heavy atom. The van der Waals surface area contributed by atoms with Crippen LogP contribution in [0.4, 0.5) is 5.69 Å². The van der Waals surface area contributed by atoms with E-state index < -0.39 is 0 Å². The van der Waals surface area contributed by atoms with Gasteiger partial charge in [-0.25, -0.2) is 4.98 Å². The molecule has 1 saturated carbocycles. The summed E-state index contributed by atoms with van der Waals surface area (Å²) in [5, 5.41) is 6.13. The van der Waals surface area contributed by atoms with Crippen molar-refractivity contribution in [2.75, 3.05) is 11.9 Å². The Morgan fingerprint density at radius 3 is 2.70 bits per heavy atom. The number of benzene rings is 2. The summed E-state index contributed by atoms with van der Waals surface area (Å²) in [7, 11) is 0. The quantitative estimate of drug-likeness (QED) is 0.661. The van der Waals surface area contributed by atoms with E-state index in [1.54, 1.807) is 18.2 Å². The van der Waals surface area contributed by atoms with Gasteiger partial charge >= 0.3 is 0 Å². The van der Waals surface area contributed by atoms with Gasteiger partial charge in [0, 0.05) is 17.8 Å². The number of aromatic nitrogens is 2. The largest absolute Gasteiger partial charge is 0.352 e.